The van der Waals surface area contributed by atoms with Crippen molar-refractivity contribution in [2.45, 2.75) is 12.6 Å². The monoisotopic (exact) mass is 359 g/mol. The highest BCUT2D eigenvalue weighted by molar-refractivity contribution is 6.07. The first kappa shape index (κ1) is 20.2. The second-order valence-electron chi connectivity index (χ2n) is 4.80. The molecule has 9 heteroatoms. The van der Waals surface area contributed by atoms with Gasteiger partial charge in [-0.3, -0.25) is 14.5 Å². The molecule has 136 valence electrons. The van der Waals surface area contributed by atoms with Crippen LogP contribution >= 0.6 is 0 Å². The molecule has 0 atom stereocenters. The van der Waals surface area contributed by atoms with Gasteiger partial charge in [0.15, 0.2) is 5.78 Å². The Labute approximate surface area is 141 Å². The van der Waals surface area contributed by atoms with Crippen molar-refractivity contribution in [3.05, 3.63) is 36.4 Å². The number of benzene rings is 1. The van der Waals surface area contributed by atoms with Gasteiger partial charge in [-0.2, -0.15) is 13.2 Å². The molecule has 6 nitrogen and oxygen atoms in total. The molecular formula is C16H16F3NO5. The largest absolute Gasteiger partial charge is 0.497 e. The van der Waals surface area contributed by atoms with Gasteiger partial charge in [-0.15, -0.1) is 6.58 Å². The number of carbonyl (C=O) groups is 3. The molecule has 0 spiro atoms. The average molecular weight is 359 g/mol. The highest BCUT2D eigenvalue weighted by Gasteiger charge is 2.44. The number of ketones is 1. The minimum atomic E-state index is -5.23. The van der Waals surface area contributed by atoms with Gasteiger partial charge in [-0.1, -0.05) is 6.08 Å². The minimum absolute atomic E-state index is 0.168. The fourth-order valence-corrected chi connectivity index (χ4v) is 1.97. The molecule has 0 N–H and O–H groups in total. The van der Waals surface area contributed by atoms with Crippen LogP contribution in [-0.4, -0.2) is 44.6 Å². The van der Waals surface area contributed by atoms with Crippen LogP contribution in [0.2, 0.25) is 0 Å². The number of hydrogen-bond acceptors (Lipinski definition) is 5. The van der Waals surface area contributed by atoms with Gasteiger partial charge in [0.1, 0.15) is 5.75 Å². The van der Waals surface area contributed by atoms with Gasteiger partial charge in [-0.25, -0.2) is 4.79 Å². The van der Waals surface area contributed by atoms with Gasteiger partial charge in [-0.05, 0) is 18.2 Å². The van der Waals surface area contributed by atoms with Gasteiger partial charge >= 0.3 is 18.1 Å². The summed E-state index contributed by atoms with van der Waals surface area (Å²) in [6, 6.07) is 3.46. The van der Waals surface area contributed by atoms with E-state index in [1.54, 1.807) is 0 Å². The lowest BCUT2D eigenvalue weighted by atomic mass is 10.1. The lowest BCUT2D eigenvalue weighted by Gasteiger charge is -2.25. The molecule has 0 saturated carbocycles. The summed E-state index contributed by atoms with van der Waals surface area (Å²) in [5, 5.41) is 0. The molecule has 0 unspecified atom stereocenters. The zero-order valence-corrected chi connectivity index (χ0v) is 13.6. The summed E-state index contributed by atoms with van der Waals surface area (Å²) in [5.74, 6) is -3.77. The number of carbonyl (C=O) groups excluding carboxylic acids is 3. The first-order valence-electron chi connectivity index (χ1n) is 6.93. The lowest BCUT2D eigenvalue weighted by Crippen LogP contribution is -2.44. The van der Waals surface area contributed by atoms with Crippen LogP contribution in [0.25, 0.3) is 0 Å². The summed E-state index contributed by atoms with van der Waals surface area (Å²) in [6.45, 7) is 2.44. The van der Waals surface area contributed by atoms with E-state index in [-0.39, 0.29) is 22.6 Å². The Morgan fingerprint density at radius 1 is 1.24 bits per heavy atom. The third-order valence-corrected chi connectivity index (χ3v) is 3.09. The maximum absolute atomic E-state index is 12.9. The molecule has 0 aliphatic carbocycles. The van der Waals surface area contributed by atoms with E-state index in [1.165, 1.54) is 19.3 Å². The molecule has 0 heterocycles. The molecule has 25 heavy (non-hydrogen) atoms. The number of hydrogen-bond donors (Lipinski definition) is 0. The van der Waals surface area contributed by atoms with Crippen LogP contribution in [0.15, 0.2) is 30.9 Å². The molecule has 1 aromatic carbocycles. The van der Waals surface area contributed by atoms with Crippen molar-refractivity contribution in [3.63, 3.8) is 0 Å². The topological polar surface area (TPSA) is 72.9 Å². The quantitative estimate of drug-likeness (QED) is 0.553. The molecule has 0 radical (unpaired) electrons. The van der Waals surface area contributed by atoms with Crippen LogP contribution in [0, 0.1) is 0 Å². The molecule has 0 aromatic heterocycles. The first-order valence-corrected chi connectivity index (χ1v) is 6.93. The van der Waals surface area contributed by atoms with E-state index in [9.17, 15) is 27.6 Å². The van der Waals surface area contributed by atoms with Gasteiger partial charge in [0.2, 0.25) is 0 Å². The van der Waals surface area contributed by atoms with E-state index in [4.69, 9.17) is 4.74 Å². The van der Waals surface area contributed by atoms with Gasteiger partial charge in [0.25, 0.3) is 0 Å². The van der Waals surface area contributed by atoms with Crippen molar-refractivity contribution < 1.29 is 37.0 Å². The van der Waals surface area contributed by atoms with Crippen LogP contribution in [0.4, 0.5) is 18.9 Å². The molecule has 0 aliphatic rings. The number of alkyl halides is 3. The van der Waals surface area contributed by atoms with Crippen LogP contribution < -0.4 is 9.64 Å². The van der Waals surface area contributed by atoms with Crippen molar-refractivity contribution in [2.75, 3.05) is 25.7 Å². The van der Waals surface area contributed by atoms with E-state index < -0.39 is 36.1 Å². The number of ether oxygens (including phenoxy) is 2. The molecular weight excluding hydrogens is 343 g/mol. The normalized spacial score (nSPS) is 10.8. The van der Waals surface area contributed by atoms with Crippen molar-refractivity contribution in [2.24, 2.45) is 0 Å². The lowest BCUT2D eigenvalue weighted by molar-refractivity contribution is -0.170. The van der Waals surface area contributed by atoms with Crippen LogP contribution in [0.1, 0.15) is 16.8 Å². The Bertz CT molecular complexity index is 685. The zero-order chi connectivity index (χ0) is 19.2. The van der Waals surface area contributed by atoms with E-state index in [1.807, 2.05) is 0 Å². The molecule has 0 bridgehead atoms. The first-order chi connectivity index (χ1) is 11.6. The maximum Gasteiger partial charge on any atom is 0.471 e. The van der Waals surface area contributed by atoms with Crippen LogP contribution in [0.5, 0.6) is 5.75 Å². The summed E-state index contributed by atoms with van der Waals surface area (Å²) < 4.78 is 48.2. The van der Waals surface area contributed by atoms with E-state index in [0.29, 0.717) is 0 Å². The number of Topliss-reactive ketones (excluding diaryl/α,β-unsaturated/α-hetero) is 1. The number of anilines is 1. The summed E-state index contributed by atoms with van der Waals surface area (Å²) in [6.07, 6.45) is -4.26. The Morgan fingerprint density at radius 3 is 2.36 bits per heavy atom. The van der Waals surface area contributed by atoms with E-state index >= 15 is 0 Å². The van der Waals surface area contributed by atoms with Gasteiger partial charge in [0.05, 0.1) is 32.0 Å². The van der Waals surface area contributed by atoms with E-state index in [2.05, 4.69) is 11.3 Å². The number of rotatable bonds is 7. The van der Waals surface area contributed by atoms with Crippen molar-refractivity contribution in [3.8, 4) is 5.75 Å². The summed E-state index contributed by atoms with van der Waals surface area (Å²) in [7, 11) is 2.33. The van der Waals surface area contributed by atoms with Crippen LogP contribution in [0.3, 0.4) is 0 Å². The Balaban J connectivity index is 3.47. The molecule has 0 aliphatic heterocycles. The summed E-state index contributed by atoms with van der Waals surface area (Å²) in [4.78, 5) is 35.6. The Hall–Kier alpha value is -2.84. The molecule has 0 saturated heterocycles. The number of amides is 1. The summed E-state index contributed by atoms with van der Waals surface area (Å²) in [5.41, 5.74) is -0.752. The highest BCUT2D eigenvalue weighted by Crippen LogP contribution is 2.30. The van der Waals surface area contributed by atoms with Gasteiger partial charge in [0, 0.05) is 6.42 Å². The number of halogens is 3. The third kappa shape index (κ3) is 5.07. The fraction of sp³-hybridized carbons (Fsp3) is 0.312. The molecule has 0 fully saturated rings. The minimum Gasteiger partial charge on any atom is -0.497 e. The second kappa shape index (κ2) is 8.32. The predicted molar refractivity (Wildman–Crippen MR) is 82.6 cm³/mol. The maximum atomic E-state index is 12.9. The molecule has 1 rings (SSSR count). The predicted octanol–water partition coefficient (Wildman–Crippen LogP) is 2.52. The molecule has 1 aromatic rings. The van der Waals surface area contributed by atoms with Gasteiger partial charge < -0.3 is 9.47 Å². The standard InChI is InChI=1S/C16H16F3NO5/c1-4-5-10(21)9-20(15(23)16(17,18)19)13-7-6-11(24-2)8-12(13)14(22)25-3/h4,6-8H,1,5,9H2,2-3H3. The SMILES string of the molecule is C=CCC(=O)CN(C(=O)C(F)(F)F)c1ccc(OC)cc1C(=O)OC. The zero-order valence-electron chi connectivity index (χ0n) is 13.6. The summed E-state index contributed by atoms with van der Waals surface area (Å²) >= 11 is 0. The Kier molecular flexibility index (Phi) is 6.72. The number of methoxy groups -OCH3 is 2. The number of esters is 1. The Morgan fingerprint density at radius 2 is 1.88 bits per heavy atom. The highest BCUT2D eigenvalue weighted by atomic mass is 19.4. The van der Waals surface area contributed by atoms with Crippen molar-refractivity contribution in [1.82, 2.24) is 0 Å². The fourth-order valence-electron chi connectivity index (χ4n) is 1.97. The average Bonchev–Trinajstić information content (AvgIpc) is 2.57. The second-order valence-corrected chi connectivity index (χ2v) is 4.80. The molecule has 1 amide bonds. The van der Waals surface area contributed by atoms with E-state index in [0.717, 1.165) is 19.2 Å². The number of nitrogens with zero attached hydrogens (tertiary/aromatic N) is 1. The van der Waals surface area contributed by atoms with Crippen molar-refractivity contribution in [1.29, 1.82) is 0 Å². The number of allylic oxidation sites excluding steroid dienone is 1. The van der Waals surface area contributed by atoms with Crippen molar-refractivity contribution >= 4 is 23.3 Å². The smallest absolute Gasteiger partial charge is 0.471 e. The third-order valence-electron chi connectivity index (χ3n) is 3.09. The van der Waals surface area contributed by atoms with Crippen LogP contribution in [-0.2, 0) is 14.3 Å².